The smallest absolute Gasteiger partial charge is 0.267 e. The average Bonchev–Trinajstić information content (AvgIpc) is 1.57. The van der Waals surface area contributed by atoms with Crippen molar-refractivity contribution in [1.29, 1.82) is 0 Å². The SMILES string of the molecule is O=C1c2c(Cl)c(Cl)c(Cl)c(Cl)c2C(=O)C1c1ccc2c(Cc3ccc(N4C(=O)c5c(Cl)c(Cl)c(Cl)c(Cl)c5C4=O)c4nc(C5C(=O)c6c(Cl)c(Cl)c(Cl)c(Cl)c6C5=O)ccc34)ccc(N3C(=O)c4c(Cl)c(Cl)c(Cl)c(Cl)c4C3=O)c2n1.O=C1c2cc3c(Cl)c(Cl)c(Cl)c(Cl)c3cc2C(=O)C1c1ccc2cccc(N3C(=O)c4cc5c(Cl)c(Cl)c(Cl)c(Cl)c5cc4C3=O)c2n1. The second-order valence-corrected chi connectivity index (χ2v) is 38.3. The molecule has 11 aromatic carbocycles. The number of nitrogens with zero attached hydrogens (tertiary/aromatic N) is 6. The number of pyridine rings is 3. The molecule has 0 saturated carbocycles. The van der Waals surface area contributed by atoms with Gasteiger partial charge in [0.1, 0.15) is 17.8 Å². The number of rotatable bonds is 8. The Bertz CT molecular complexity index is 7460. The average molecular weight is 2190 g/mol. The maximum Gasteiger partial charge on any atom is 0.267 e. The zero-order valence-electron chi connectivity index (χ0n) is 61.9. The molecule has 3 aliphatic carbocycles. The van der Waals surface area contributed by atoms with E-state index < -0.39 is 87.9 Å². The molecule has 129 heavy (non-hydrogen) atoms. The number of hydrogen-bond donors (Lipinski definition) is 0. The lowest BCUT2D eigenvalue weighted by Crippen LogP contribution is -2.30. The first-order valence-electron chi connectivity index (χ1n) is 36.3. The molecular formula is C87H22Cl24N6O12. The van der Waals surface area contributed by atoms with E-state index in [9.17, 15) is 57.5 Å². The van der Waals surface area contributed by atoms with Gasteiger partial charge in [-0.1, -0.05) is 321 Å². The van der Waals surface area contributed by atoms with Crippen LogP contribution in [0.25, 0.3) is 54.3 Å². The molecule has 0 unspecified atom stereocenters. The Morgan fingerprint density at radius 3 is 0.775 bits per heavy atom. The van der Waals surface area contributed by atoms with Gasteiger partial charge >= 0.3 is 0 Å². The molecule has 3 aliphatic heterocycles. The number of carbonyl (C=O) groups excluding carboxylic acids is 12. The van der Waals surface area contributed by atoms with E-state index in [4.69, 9.17) is 293 Å². The van der Waals surface area contributed by atoms with E-state index in [1.807, 2.05) is 0 Å². The van der Waals surface area contributed by atoms with Crippen LogP contribution in [0.3, 0.4) is 0 Å². The van der Waals surface area contributed by atoms with E-state index in [2.05, 4.69) is 0 Å². The van der Waals surface area contributed by atoms with Gasteiger partial charge in [0.25, 0.3) is 35.4 Å². The van der Waals surface area contributed by atoms with Gasteiger partial charge in [-0.05, 0) is 78.2 Å². The fourth-order valence-electron chi connectivity index (χ4n) is 16.7. The largest absolute Gasteiger partial charge is 0.293 e. The normalized spacial score (nSPS) is 15.1. The number of halogens is 24. The van der Waals surface area contributed by atoms with Gasteiger partial charge in [0.05, 0.1) is 227 Å². The first-order valence-corrected chi connectivity index (χ1v) is 45.3. The van der Waals surface area contributed by atoms with Gasteiger partial charge in [-0.25, -0.2) is 29.7 Å². The van der Waals surface area contributed by atoms with Gasteiger partial charge in [0, 0.05) is 48.8 Å². The standard InChI is InChI=1S/C53H12Cl16N4O8.C34H10Cl8N2O4/c54-28-20-21(29(55)37(63)36(28)62)47(75)18(46(20)74)14-5-3-12-10(1-7-16(44(12)70-14)72-50(78)24-25(51(72)79)33(59)41(67)40(66)32(24)58)9-11-2-8-17(73-52(80)26-27(53(73)81)35(61)43(69)42(68)34(26)60)45-13(11)4-6-15(71-45)19-48(76)22-23(49(19)77)31(57)39(65)38(64)30(22)56;35-22-11-6-15-16(7-12(11)23(36)27(40)26(22)39)32(46)21(31(15)45)19-5-4-10-2-1-3-20(30(10)43-19)44-33(47)17-8-13-14(9-18(17)34(44)48)25(38)29(42)28(41)24(13)37/h1-8,18-19H,9H2;1-9,21H. The second kappa shape index (κ2) is 32.7. The van der Waals surface area contributed by atoms with Gasteiger partial charge < -0.3 is 0 Å². The molecule has 6 heterocycles. The number of carbonyl (C=O) groups is 12. The fraction of sp³-hybridized carbons (Fsp3) is 0.0460. The number of hydrogen-bond acceptors (Lipinski definition) is 15. The highest BCUT2D eigenvalue weighted by Gasteiger charge is 2.51. The van der Waals surface area contributed by atoms with Crippen molar-refractivity contribution in [2.24, 2.45) is 0 Å². The number of Topliss-reactive ketones (excluding diaryl/α,β-unsaturated/α-hetero) is 6. The highest BCUT2D eigenvalue weighted by molar-refractivity contribution is 6.63. The number of fused-ring (bicyclic) bond motifs is 11. The third-order valence-electron chi connectivity index (χ3n) is 22.7. The van der Waals surface area contributed by atoms with Gasteiger partial charge in [0.15, 0.2) is 34.7 Å². The molecule has 18 nitrogen and oxygen atoms in total. The van der Waals surface area contributed by atoms with Crippen LogP contribution in [-0.4, -0.2) is 85.1 Å². The van der Waals surface area contributed by atoms with E-state index in [0.29, 0.717) is 38.1 Å². The number of imide groups is 3. The zero-order chi connectivity index (χ0) is 92.4. The van der Waals surface area contributed by atoms with E-state index >= 15 is 0 Å². The molecule has 6 amide bonds. The molecule has 6 aliphatic rings. The summed E-state index contributed by atoms with van der Waals surface area (Å²) in [6, 6.07) is 25.5. The molecule has 0 N–H and O–H groups in total. The highest BCUT2D eigenvalue weighted by Crippen LogP contribution is 2.56. The molecule has 640 valence electrons. The molecule has 0 spiro atoms. The van der Waals surface area contributed by atoms with E-state index in [0.717, 1.165) is 14.7 Å². The second-order valence-electron chi connectivity index (χ2n) is 29.3. The summed E-state index contributed by atoms with van der Waals surface area (Å²) in [4.78, 5) is 187. The molecule has 20 rings (SSSR count). The predicted octanol–water partition coefficient (Wildman–Crippen LogP) is 30.5. The van der Waals surface area contributed by atoms with Gasteiger partial charge in [0.2, 0.25) is 0 Å². The predicted molar refractivity (Wildman–Crippen MR) is 510 cm³/mol. The molecule has 0 saturated heterocycles. The van der Waals surface area contributed by atoms with Crippen molar-refractivity contribution < 1.29 is 57.5 Å². The van der Waals surface area contributed by atoms with Crippen LogP contribution in [0.15, 0.2) is 103 Å². The van der Waals surface area contributed by atoms with Gasteiger partial charge in [-0.2, -0.15) is 0 Å². The Labute approximate surface area is 840 Å². The lowest BCUT2D eigenvalue weighted by Gasteiger charge is -2.21. The quantitative estimate of drug-likeness (QED) is 0.0593. The van der Waals surface area contributed by atoms with E-state index in [1.165, 1.54) is 72.8 Å². The maximum atomic E-state index is 14.5. The lowest BCUT2D eigenvalue weighted by molar-refractivity contribution is 0.0872. The third-order valence-corrected chi connectivity index (χ3v) is 33.6. The minimum Gasteiger partial charge on any atom is -0.293 e. The fourth-order valence-corrected chi connectivity index (χ4v) is 22.8. The topological polar surface area (TPSA) is 253 Å². The summed E-state index contributed by atoms with van der Waals surface area (Å²) < 4.78 is 0. The van der Waals surface area contributed by atoms with Crippen LogP contribution in [0.1, 0.15) is 170 Å². The molecule has 0 radical (unpaired) electrons. The zero-order valence-corrected chi connectivity index (χ0v) is 80.0. The van der Waals surface area contributed by atoms with Crippen molar-refractivity contribution in [1.82, 2.24) is 15.0 Å². The molecule has 0 bridgehead atoms. The van der Waals surface area contributed by atoms with Crippen molar-refractivity contribution in [2.75, 3.05) is 14.7 Å². The van der Waals surface area contributed by atoms with Gasteiger partial charge in [-0.3, -0.25) is 57.5 Å². The summed E-state index contributed by atoms with van der Waals surface area (Å²) in [5, 5.41) is -2.37. The van der Waals surface area contributed by atoms with Gasteiger partial charge in [-0.15, -0.1) is 0 Å². The molecule has 0 fully saturated rings. The van der Waals surface area contributed by atoms with Crippen molar-refractivity contribution >= 4 is 420 Å². The number of amides is 6. The Morgan fingerprint density at radius 1 is 0.217 bits per heavy atom. The Hall–Kier alpha value is -7.43. The highest BCUT2D eigenvalue weighted by atomic mass is 35.5. The van der Waals surface area contributed by atoms with Crippen LogP contribution in [0.5, 0.6) is 0 Å². The van der Waals surface area contributed by atoms with Crippen LogP contribution >= 0.6 is 278 Å². The number of ketones is 6. The lowest BCUT2D eigenvalue weighted by atomic mass is 9.93. The number of anilines is 3. The third kappa shape index (κ3) is 13.1. The first kappa shape index (κ1) is 90.7. The van der Waals surface area contributed by atoms with Crippen LogP contribution in [0.2, 0.25) is 121 Å². The van der Waals surface area contributed by atoms with Crippen molar-refractivity contribution in [3.05, 3.63) is 319 Å². The summed E-state index contributed by atoms with van der Waals surface area (Å²) >= 11 is 154. The molecular weight excluding hydrogens is 2170 g/mol. The number of benzene rings is 11. The Morgan fingerprint density at radius 2 is 0.465 bits per heavy atom. The summed E-state index contributed by atoms with van der Waals surface area (Å²) in [5.74, 6) is -14.4. The minimum absolute atomic E-state index is 0.0141. The minimum atomic E-state index is -1.70. The summed E-state index contributed by atoms with van der Waals surface area (Å²) in [6.45, 7) is 0. The summed E-state index contributed by atoms with van der Waals surface area (Å²) in [5.41, 5.74) is -2.14. The maximum absolute atomic E-state index is 14.5. The summed E-state index contributed by atoms with van der Waals surface area (Å²) in [6.07, 6.45) is -0.116. The van der Waals surface area contributed by atoms with Crippen LogP contribution in [0.4, 0.5) is 17.1 Å². The van der Waals surface area contributed by atoms with Crippen molar-refractivity contribution in [2.45, 2.75) is 24.2 Å². The van der Waals surface area contributed by atoms with Crippen molar-refractivity contribution in [3.8, 4) is 0 Å². The monoisotopic (exact) mass is 2180 g/mol. The van der Waals surface area contributed by atoms with E-state index in [1.54, 1.807) is 30.3 Å². The Kier molecular flexibility index (Phi) is 23.0. The molecule has 42 heteroatoms. The number of para-hydroxylation sites is 1. The van der Waals surface area contributed by atoms with Crippen LogP contribution in [0, 0.1) is 0 Å². The molecule has 0 atom stereocenters. The Balaban J connectivity index is 0.000000191. The van der Waals surface area contributed by atoms with Crippen molar-refractivity contribution in [3.63, 3.8) is 0 Å². The molecule has 3 aromatic heterocycles. The summed E-state index contributed by atoms with van der Waals surface area (Å²) in [7, 11) is 0. The van der Waals surface area contributed by atoms with E-state index in [-0.39, 0.29) is 255 Å². The number of aromatic nitrogens is 3. The first-order chi connectivity index (χ1) is 61.0. The van der Waals surface area contributed by atoms with Crippen LogP contribution < -0.4 is 14.7 Å². The molecule has 14 aromatic rings. The van der Waals surface area contributed by atoms with Crippen LogP contribution in [-0.2, 0) is 6.42 Å².